The predicted octanol–water partition coefficient (Wildman–Crippen LogP) is 2.79. The van der Waals surface area contributed by atoms with E-state index in [9.17, 15) is 9.90 Å². The number of aliphatic hydroxyl groups is 1. The summed E-state index contributed by atoms with van der Waals surface area (Å²) in [6.45, 7) is 6.08. The van der Waals surface area contributed by atoms with Crippen molar-refractivity contribution < 1.29 is 9.90 Å². The SMILES string of the molecule is Cc1c(C(=O)NC2(CO)CCC(C)(C)C2)nnn1-c1cccc2cnccc12. The maximum absolute atomic E-state index is 13.0. The van der Waals surface area contributed by atoms with Crippen LogP contribution in [-0.4, -0.2) is 43.1 Å². The fourth-order valence-corrected chi connectivity index (χ4v) is 4.31. The predicted molar refractivity (Wildman–Crippen MR) is 106 cm³/mol. The molecule has 2 aromatic heterocycles. The number of fused-ring (bicyclic) bond motifs is 1. The molecule has 1 atom stereocenters. The van der Waals surface area contributed by atoms with Gasteiger partial charge < -0.3 is 10.4 Å². The molecular formula is C21H25N5O2. The summed E-state index contributed by atoms with van der Waals surface area (Å²) in [4.78, 5) is 17.1. The number of amides is 1. The van der Waals surface area contributed by atoms with Gasteiger partial charge in [0.1, 0.15) is 0 Å². The molecule has 0 spiro atoms. The monoisotopic (exact) mass is 379 g/mol. The highest BCUT2D eigenvalue weighted by Gasteiger charge is 2.44. The molecule has 1 aliphatic rings. The van der Waals surface area contributed by atoms with Gasteiger partial charge in [-0.15, -0.1) is 5.10 Å². The summed E-state index contributed by atoms with van der Waals surface area (Å²) in [5.41, 5.74) is 1.29. The van der Waals surface area contributed by atoms with Gasteiger partial charge in [0.25, 0.3) is 5.91 Å². The first-order valence-corrected chi connectivity index (χ1v) is 9.53. The van der Waals surface area contributed by atoms with Gasteiger partial charge in [0.2, 0.25) is 0 Å². The summed E-state index contributed by atoms with van der Waals surface area (Å²) in [5.74, 6) is -0.294. The lowest BCUT2D eigenvalue weighted by Gasteiger charge is -2.29. The minimum Gasteiger partial charge on any atom is -0.394 e. The molecular weight excluding hydrogens is 354 g/mol. The van der Waals surface area contributed by atoms with Gasteiger partial charge in [-0.25, -0.2) is 4.68 Å². The van der Waals surface area contributed by atoms with E-state index in [0.717, 1.165) is 35.7 Å². The largest absolute Gasteiger partial charge is 0.394 e. The second kappa shape index (κ2) is 6.67. The number of aromatic nitrogens is 4. The van der Waals surface area contributed by atoms with Crippen LogP contribution in [0.4, 0.5) is 0 Å². The van der Waals surface area contributed by atoms with E-state index in [4.69, 9.17) is 0 Å². The zero-order valence-electron chi connectivity index (χ0n) is 16.4. The van der Waals surface area contributed by atoms with Crippen LogP contribution in [0.3, 0.4) is 0 Å². The lowest BCUT2D eigenvalue weighted by molar-refractivity contribution is 0.0819. The van der Waals surface area contributed by atoms with E-state index < -0.39 is 5.54 Å². The Hall–Kier alpha value is -2.80. The average Bonchev–Trinajstić information content (AvgIpc) is 3.21. The minimum absolute atomic E-state index is 0.0777. The van der Waals surface area contributed by atoms with Crippen molar-refractivity contribution in [3.05, 3.63) is 48.0 Å². The number of nitrogens with one attached hydrogen (secondary N) is 1. The maximum Gasteiger partial charge on any atom is 0.274 e. The zero-order valence-corrected chi connectivity index (χ0v) is 16.4. The molecule has 0 aliphatic heterocycles. The molecule has 4 rings (SSSR count). The fraction of sp³-hybridized carbons (Fsp3) is 0.429. The number of aliphatic hydroxyl groups excluding tert-OH is 1. The van der Waals surface area contributed by atoms with Crippen LogP contribution in [0.1, 0.15) is 49.3 Å². The van der Waals surface area contributed by atoms with E-state index >= 15 is 0 Å². The van der Waals surface area contributed by atoms with Crippen molar-refractivity contribution in [2.24, 2.45) is 5.41 Å². The Labute approximate surface area is 163 Å². The first-order valence-electron chi connectivity index (χ1n) is 9.53. The van der Waals surface area contributed by atoms with Crippen LogP contribution in [0, 0.1) is 12.3 Å². The van der Waals surface area contributed by atoms with Gasteiger partial charge in [-0.1, -0.05) is 31.2 Å². The topological polar surface area (TPSA) is 92.9 Å². The van der Waals surface area contributed by atoms with Gasteiger partial charge in [-0.05, 0) is 43.7 Å². The van der Waals surface area contributed by atoms with Crippen LogP contribution in [0.5, 0.6) is 0 Å². The Bertz CT molecular complexity index is 1040. The molecule has 146 valence electrons. The molecule has 1 saturated carbocycles. The van der Waals surface area contributed by atoms with Gasteiger partial charge >= 0.3 is 0 Å². The molecule has 2 heterocycles. The number of hydrogen-bond acceptors (Lipinski definition) is 5. The van der Waals surface area contributed by atoms with Crippen LogP contribution >= 0.6 is 0 Å². The standard InChI is InChI=1S/C21H25N5O2/c1-14-18(19(28)23-21(13-27)9-8-20(2,3)12-21)24-25-26(14)17-6-4-5-15-11-22-10-7-16(15)17/h4-7,10-11,27H,8-9,12-13H2,1-3H3,(H,23,28). The molecule has 28 heavy (non-hydrogen) atoms. The molecule has 0 bridgehead atoms. The van der Waals surface area contributed by atoms with Crippen LogP contribution in [0.15, 0.2) is 36.7 Å². The molecule has 1 amide bonds. The van der Waals surface area contributed by atoms with Crippen LogP contribution in [0.25, 0.3) is 16.5 Å². The van der Waals surface area contributed by atoms with Crippen molar-refractivity contribution >= 4 is 16.7 Å². The van der Waals surface area contributed by atoms with Crippen molar-refractivity contribution in [1.82, 2.24) is 25.3 Å². The number of pyridine rings is 1. The highest BCUT2D eigenvalue weighted by Crippen LogP contribution is 2.43. The quantitative estimate of drug-likeness (QED) is 0.727. The fourth-order valence-electron chi connectivity index (χ4n) is 4.31. The number of carbonyl (C=O) groups excluding carboxylic acids is 1. The van der Waals surface area contributed by atoms with Gasteiger partial charge in [0.05, 0.1) is 23.5 Å². The number of rotatable bonds is 4. The third kappa shape index (κ3) is 3.16. The van der Waals surface area contributed by atoms with E-state index in [1.54, 1.807) is 17.1 Å². The van der Waals surface area contributed by atoms with Crippen LogP contribution in [0.2, 0.25) is 0 Å². The first kappa shape index (κ1) is 18.6. The van der Waals surface area contributed by atoms with Crippen LogP contribution in [-0.2, 0) is 0 Å². The lowest BCUT2D eigenvalue weighted by atomic mass is 9.88. The van der Waals surface area contributed by atoms with Crippen molar-refractivity contribution in [2.75, 3.05) is 6.61 Å². The molecule has 1 unspecified atom stereocenters. The Kier molecular flexibility index (Phi) is 4.42. The summed E-state index contributed by atoms with van der Waals surface area (Å²) in [7, 11) is 0. The van der Waals surface area contributed by atoms with Gasteiger partial charge in [0, 0.05) is 23.2 Å². The number of benzene rings is 1. The van der Waals surface area contributed by atoms with Gasteiger partial charge in [-0.2, -0.15) is 0 Å². The second-order valence-electron chi connectivity index (χ2n) is 8.54. The molecule has 3 aromatic rings. The Morgan fingerprint density at radius 1 is 1.29 bits per heavy atom. The first-order chi connectivity index (χ1) is 13.3. The summed E-state index contributed by atoms with van der Waals surface area (Å²) < 4.78 is 1.68. The Morgan fingerprint density at radius 2 is 2.11 bits per heavy atom. The van der Waals surface area contributed by atoms with Crippen molar-refractivity contribution in [3.63, 3.8) is 0 Å². The zero-order chi connectivity index (χ0) is 19.9. The second-order valence-corrected chi connectivity index (χ2v) is 8.54. The summed E-state index contributed by atoms with van der Waals surface area (Å²) in [6, 6.07) is 7.79. The smallest absolute Gasteiger partial charge is 0.274 e. The van der Waals surface area contributed by atoms with Gasteiger partial charge in [-0.3, -0.25) is 9.78 Å². The summed E-state index contributed by atoms with van der Waals surface area (Å²) >= 11 is 0. The molecule has 1 fully saturated rings. The summed E-state index contributed by atoms with van der Waals surface area (Å²) in [6.07, 6.45) is 5.99. The molecule has 0 saturated heterocycles. The molecule has 1 aliphatic carbocycles. The van der Waals surface area contributed by atoms with Crippen molar-refractivity contribution in [2.45, 2.75) is 45.6 Å². The van der Waals surface area contributed by atoms with Crippen LogP contribution < -0.4 is 5.32 Å². The minimum atomic E-state index is -0.595. The van der Waals surface area contributed by atoms with E-state index in [1.807, 2.05) is 31.2 Å². The van der Waals surface area contributed by atoms with E-state index in [0.29, 0.717) is 5.69 Å². The van der Waals surface area contributed by atoms with Crippen molar-refractivity contribution in [1.29, 1.82) is 0 Å². The molecule has 2 N–H and O–H groups in total. The summed E-state index contributed by atoms with van der Waals surface area (Å²) in [5, 5.41) is 23.4. The maximum atomic E-state index is 13.0. The highest BCUT2D eigenvalue weighted by molar-refractivity contribution is 5.94. The number of nitrogens with zero attached hydrogens (tertiary/aromatic N) is 4. The Balaban J connectivity index is 1.66. The number of carbonyl (C=O) groups is 1. The third-order valence-corrected chi connectivity index (χ3v) is 5.77. The normalized spacial score (nSPS) is 21.1. The highest BCUT2D eigenvalue weighted by atomic mass is 16.3. The lowest BCUT2D eigenvalue weighted by Crippen LogP contribution is -2.50. The molecule has 0 radical (unpaired) electrons. The van der Waals surface area contributed by atoms with Gasteiger partial charge in [0.15, 0.2) is 5.69 Å². The number of hydrogen-bond donors (Lipinski definition) is 2. The van der Waals surface area contributed by atoms with E-state index in [-0.39, 0.29) is 23.6 Å². The molecule has 7 heteroatoms. The molecule has 7 nitrogen and oxygen atoms in total. The van der Waals surface area contributed by atoms with Crippen molar-refractivity contribution in [3.8, 4) is 5.69 Å². The van der Waals surface area contributed by atoms with E-state index in [2.05, 4.69) is 34.5 Å². The Morgan fingerprint density at radius 3 is 2.82 bits per heavy atom. The van der Waals surface area contributed by atoms with E-state index in [1.165, 1.54) is 0 Å². The molecule has 1 aromatic carbocycles. The average molecular weight is 379 g/mol. The third-order valence-electron chi connectivity index (χ3n) is 5.77.